The average Bonchev–Trinajstić information content (AvgIpc) is 2.49. The Kier molecular flexibility index (Phi) is 5.54. The van der Waals surface area contributed by atoms with Crippen LogP contribution in [-0.2, 0) is 16.0 Å². The lowest BCUT2D eigenvalue weighted by molar-refractivity contribution is -0.147. The average molecular weight is 342 g/mol. The van der Waals surface area contributed by atoms with Crippen LogP contribution in [0.2, 0.25) is 0 Å². The Hall–Kier alpha value is -0.940. The van der Waals surface area contributed by atoms with Gasteiger partial charge in [0.05, 0.1) is 19.1 Å². The van der Waals surface area contributed by atoms with Crippen molar-refractivity contribution in [3.05, 3.63) is 28.5 Å². The Bertz CT molecular complexity index is 441. The van der Waals surface area contributed by atoms with Crippen molar-refractivity contribution in [3.8, 4) is 0 Å². The zero-order valence-electron chi connectivity index (χ0n) is 11.6. The predicted octanol–water partition coefficient (Wildman–Crippen LogP) is 2.73. The number of carbonyl (C=O) groups excluding carboxylic acids is 1. The molecule has 1 heterocycles. The van der Waals surface area contributed by atoms with Crippen LogP contribution in [-0.4, -0.2) is 29.3 Å². The van der Waals surface area contributed by atoms with E-state index in [-0.39, 0.29) is 23.9 Å². The second kappa shape index (κ2) is 7.18. The Morgan fingerprint density at radius 3 is 2.70 bits per heavy atom. The number of carbonyl (C=O) groups is 1. The van der Waals surface area contributed by atoms with Gasteiger partial charge in [0.2, 0.25) is 0 Å². The van der Waals surface area contributed by atoms with Crippen molar-refractivity contribution in [2.45, 2.75) is 38.2 Å². The maximum absolute atomic E-state index is 11.5. The maximum Gasteiger partial charge on any atom is 0.308 e. The molecule has 1 aliphatic carbocycles. The Morgan fingerprint density at radius 2 is 2.15 bits per heavy atom. The van der Waals surface area contributed by atoms with E-state index < -0.39 is 0 Å². The minimum absolute atomic E-state index is 0.00857. The predicted molar refractivity (Wildman–Crippen MR) is 79.1 cm³/mol. The number of aliphatic hydroxyl groups is 1. The van der Waals surface area contributed by atoms with Gasteiger partial charge in [-0.05, 0) is 59.7 Å². The smallest absolute Gasteiger partial charge is 0.308 e. The highest BCUT2D eigenvalue weighted by molar-refractivity contribution is 9.10. The summed E-state index contributed by atoms with van der Waals surface area (Å²) < 4.78 is 5.72. The second-order valence-corrected chi connectivity index (χ2v) is 6.29. The molecule has 0 aliphatic heterocycles. The van der Waals surface area contributed by atoms with E-state index in [1.807, 2.05) is 12.1 Å². The number of rotatable bonds is 4. The normalized spacial score (nSPS) is 24.1. The van der Waals surface area contributed by atoms with Crippen LogP contribution in [0.1, 0.15) is 31.4 Å². The molecule has 5 heteroatoms. The summed E-state index contributed by atoms with van der Waals surface area (Å²) in [7, 11) is 1.43. The van der Waals surface area contributed by atoms with E-state index in [1.54, 1.807) is 6.20 Å². The molecule has 0 bridgehead atoms. The number of ether oxygens (including phenoxy) is 1. The third-order valence-corrected chi connectivity index (χ3v) is 4.53. The fraction of sp³-hybridized carbons (Fsp3) is 0.600. The van der Waals surface area contributed by atoms with Gasteiger partial charge in [-0.2, -0.15) is 0 Å². The fourth-order valence-corrected chi connectivity index (χ4v) is 3.05. The highest BCUT2D eigenvalue weighted by Gasteiger charge is 2.30. The molecule has 1 N–H and O–H groups in total. The van der Waals surface area contributed by atoms with Crippen LogP contribution >= 0.6 is 15.9 Å². The van der Waals surface area contributed by atoms with Crippen LogP contribution < -0.4 is 0 Å². The van der Waals surface area contributed by atoms with Gasteiger partial charge in [0.15, 0.2) is 0 Å². The van der Waals surface area contributed by atoms with Crippen molar-refractivity contribution in [2.75, 3.05) is 7.11 Å². The number of pyridine rings is 1. The number of halogens is 1. The van der Waals surface area contributed by atoms with Gasteiger partial charge in [0, 0.05) is 22.8 Å². The standard InChI is InChI=1S/C15H20BrNO3/c1-20-15(19)11-4-2-10(3-5-11)14(18)8-13-7-6-12(16)9-17-13/h6-7,9-11,14,18H,2-5,8H2,1H3/t10-,11-,14-/m1/s1. The lowest BCUT2D eigenvalue weighted by atomic mass is 9.78. The van der Waals surface area contributed by atoms with E-state index >= 15 is 0 Å². The van der Waals surface area contributed by atoms with Crippen molar-refractivity contribution in [2.24, 2.45) is 11.8 Å². The topological polar surface area (TPSA) is 59.4 Å². The quantitative estimate of drug-likeness (QED) is 0.855. The summed E-state index contributed by atoms with van der Waals surface area (Å²) in [5, 5.41) is 10.3. The number of methoxy groups -OCH3 is 1. The molecular weight excluding hydrogens is 322 g/mol. The van der Waals surface area contributed by atoms with Gasteiger partial charge in [0.1, 0.15) is 0 Å². The summed E-state index contributed by atoms with van der Waals surface area (Å²) in [5.41, 5.74) is 0.899. The molecule has 110 valence electrons. The summed E-state index contributed by atoms with van der Waals surface area (Å²) in [5.74, 6) is 0.142. The summed E-state index contributed by atoms with van der Waals surface area (Å²) in [6.45, 7) is 0. The van der Waals surface area contributed by atoms with E-state index in [9.17, 15) is 9.90 Å². The zero-order chi connectivity index (χ0) is 14.5. The summed E-state index contributed by atoms with van der Waals surface area (Å²) in [6, 6.07) is 3.86. The van der Waals surface area contributed by atoms with Crippen LogP contribution in [0, 0.1) is 11.8 Å². The molecule has 1 fully saturated rings. The van der Waals surface area contributed by atoms with Crippen LogP contribution in [0.5, 0.6) is 0 Å². The van der Waals surface area contributed by atoms with Gasteiger partial charge >= 0.3 is 5.97 Å². The molecule has 2 rings (SSSR count). The molecular formula is C15H20BrNO3. The first-order valence-electron chi connectivity index (χ1n) is 6.96. The number of nitrogens with zero attached hydrogens (tertiary/aromatic N) is 1. The molecule has 1 aromatic heterocycles. The van der Waals surface area contributed by atoms with Gasteiger partial charge in [0.25, 0.3) is 0 Å². The molecule has 0 unspecified atom stereocenters. The number of hydrogen-bond donors (Lipinski definition) is 1. The number of aromatic nitrogens is 1. The molecule has 1 saturated carbocycles. The molecule has 20 heavy (non-hydrogen) atoms. The van der Waals surface area contributed by atoms with Crippen molar-refractivity contribution < 1.29 is 14.6 Å². The van der Waals surface area contributed by atoms with Gasteiger partial charge in [-0.1, -0.05) is 0 Å². The van der Waals surface area contributed by atoms with E-state index in [0.717, 1.165) is 35.8 Å². The van der Waals surface area contributed by atoms with E-state index in [4.69, 9.17) is 4.74 Å². The van der Waals surface area contributed by atoms with Crippen molar-refractivity contribution in [1.29, 1.82) is 0 Å². The third kappa shape index (κ3) is 4.03. The largest absolute Gasteiger partial charge is 0.469 e. The van der Waals surface area contributed by atoms with Gasteiger partial charge in [-0.3, -0.25) is 9.78 Å². The van der Waals surface area contributed by atoms with Crippen molar-refractivity contribution >= 4 is 21.9 Å². The maximum atomic E-state index is 11.5. The first-order valence-corrected chi connectivity index (χ1v) is 7.75. The van der Waals surface area contributed by atoms with E-state index in [0.29, 0.717) is 6.42 Å². The lowest BCUT2D eigenvalue weighted by Gasteiger charge is -2.30. The Morgan fingerprint density at radius 1 is 1.45 bits per heavy atom. The Labute approximate surface area is 127 Å². The first kappa shape index (κ1) is 15.4. The molecule has 0 amide bonds. The second-order valence-electron chi connectivity index (χ2n) is 5.37. The van der Waals surface area contributed by atoms with Gasteiger partial charge in [-0.15, -0.1) is 0 Å². The van der Waals surface area contributed by atoms with Crippen LogP contribution in [0.25, 0.3) is 0 Å². The van der Waals surface area contributed by atoms with Gasteiger partial charge < -0.3 is 9.84 Å². The monoisotopic (exact) mass is 341 g/mol. The SMILES string of the molecule is COC(=O)[C@H]1CC[C@H]([C@H](O)Cc2ccc(Br)cn2)CC1. The highest BCUT2D eigenvalue weighted by atomic mass is 79.9. The number of hydrogen-bond acceptors (Lipinski definition) is 4. The number of esters is 1. The third-order valence-electron chi connectivity index (χ3n) is 4.06. The summed E-state index contributed by atoms with van der Waals surface area (Å²) >= 11 is 3.35. The van der Waals surface area contributed by atoms with E-state index in [1.165, 1.54) is 7.11 Å². The molecule has 1 aliphatic rings. The fourth-order valence-electron chi connectivity index (χ4n) is 2.81. The molecule has 0 aromatic carbocycles. The summed E-state index contributed by atoms with van der Waals surface area (Å²) in [6.07, 6.45) is 5.29. The zero-order valence-corrected chi connectivity index (χ0v) is 13.2. The van der Waals surface area contributed by atoms with Crippen molar-refractivity contribution in [3.63, 3.8) is 0 Å². The summed E-state index contributed by atoms with van der Waals surface area (Å²) in [4.78, 5) is 15.8. The first-order chi connectivity index (χ1) is 9.60. The lowest BCUT2D eigenvalue weighted by Crippen LogP contribution is -2.30. The minimum atomic E-state index is -0.387. The van der Waals surface area contributed by atoms with Crippen molar-refractivity contribution in [1.82, 2.24) is 4.98 Å². The number of aliphatic hydroxyl groups excluding tert-OH is 1. The molecule has 1 aromatic rings. The Balaban J connectivity index is 1.84. The molecule has 1 atom stereocenters. The van der Waals surface area contributed by atoms with Crippen LogP contribution in [0.4, 0.5) is 0 Å². The van der Waals surface area contributed by atoms with Crippen LogP contribution in [0.15, 0.2) is 22.8 Å². The molecule has 0 radical (unpaired) electrons. The molecule has 0 saturated heterocycles. The molecule has 4 nitrogen and oxygen atoms in total. The van der Waals surface area contributed by atoms with E-state index in [2.05, 4.69) is 20.9 Å². The van der Waals surface area contributed by atoms with Gasteiger partial charge in [-0.25, -0.2) is 0 Å². The van der Waals surface area contributed by atoms with Crippen LogP contribution in [0.3, 0.4) is 0 Å². The highest BCUT2D eigenvalue weighted by Crippen LogP contribution is 2.32. The molecule has 0 spiro atoms. The minimum Gasteiger partial charge on any atom is -0.469 e.